The molecular formula is C22H20FN3O4. The van der Waals surface area contributed by atoms with E-state index in [-0.39, 0.29) is 22.7 Å². The monoisotopic (exact) mass is 409 g/mol. The summed E-state index contributed by atoms with van der Waals surface area (Å²) in [6, 6.07) is 12.9. The molecule has 1 saturated carbocycles. The molecule has 154 valence electrons. The Morgan fingerprint density at radius 1 is 1.23 bits per heavy atom. The van der Waals surface area contributed by atoms with E-state index in [2.05, 4.69) is 10.3 Å². The highest BCUT2D eigenvalue weighted by molar-refractivity contribution is 5.91. The van der Waals surface area contributed by atoms with Crippen molar-refractivity contribution in [2.45, 2.75) is 24.7 Å². The standard InChI is InChI=1S/C22H20FN3O4/c1-30-21(29)15-7-3-2-6-14(15)18(23)26-13-12-24-19(20(26)28)25-22(10-11-22)16-8-4-5-9-17(16)27/h2-9,12-13,18,27H,10-11H2,1H3,(H,24,25). The van der Waals surface area contributed by atoms with Crippen LogP contribution in [0.3, 0.4) is 0 Å². The molecule has 0 amide bonds. The number of carbonyl (C=O) groups excluding carboxylic acids is 1. The van der Waals surface area contributed by atoms with Crippen molar-refractivity contribution in [3.63, 3.8) is 0 Å². The molecule has 1 aliphatic rings. The first-order valence-electron chi connectivity index (χ1n) is 9.42. The predicted molar refractivity (Wildman–Crippen MR) is 108 cm³/mol. The summed E-state index contributed by atoms with van der Waals surface area (Å²) in [5.74, 6) is -0.601. The zero-order chi connectivity index (χ0) is 21.3. The number of para-hydroxylation sites is 1. The maximum absolute atomic E-state index is 15.4. The summed E-state index contributed by atoms with van der Waals surface area (Å²) in [5, 5.41) is 13.3. The lowest BCUT2D eigenvalue weighted by Crippen LogP contribution is -2.31. The van der Waals surface area contributed by atoms with Gasteiger partial charge in [-0.25, -0.2) is 14.2 Å². The maximum Gasteiger partial charge on any atom is 0.338 e. The molecule has 0 aliphatic heterocycles. The summed E-state index contributed by atoms with van der Waals surface area (Å²) in [7, 11) is 1.21. The second-order valence-electron chi connectivity index (χ2n) is 7.13. The molecule has 8 heteroatoms. The molecule has 1 unspecified atom stereocenters. The molecule has 0 radical (unpaired) electrons. The lowest BCUT2D eigenvalue weighted by atomic mass is 10.0. The number of carbonyl (C=O) groups is 1. The van der Waals surface area contributed by atoms with Crippen LogP contribution >= 0.6 is 0 Å². The van der Waals surface area contributed by atoms with Gasteiger partial charge >= 0.3 is 5.97 Å². The van der Waals surface area contributed by atoms with Crippen molar-refractivity contribution in [2.24, 2.45) is 0 Å². The van der Waals surface area contributed by atoms with Gasteiger partial charge in [0.1, 0.15) is 5.75 Å². The Bertz CT molecular complexity index is 1160. The largest absolute Gasteiger partial charge is 0.508 e. The van der Waals surface area contributed by atoms with Gasteiger partial charge in [0.25, 0.3) is 5.56 Å². The molecule has 1 aliphatic carbocycles. The first-order valence-corrected chi connectivity index (χ1v) is 9.42. The number of phenolic OH excluding ortho intramolecular Hbond substituents is 1. The van der Waals surface area contributed by atoms with E-state index in [1.54, 1.807) is 36.4 Å². The van der Waals surface area contributed by atoms with Gasteiger partial charge in [0, 0.05) is 23.5 Å². The molecule has 1 heterocycles. The van der Waals surface area contributed by atoms with Crippen molar-refractivity contribution in [3.05, 3.63) is 88.0 Å². The molecule has 1 fully saturated rings. The third-order valence-electron chi connectivity index (χ3n) is 5.26. The van der Waals surface area contributed by atoms with Gasteiger partial charge in [0.2, 0.25) is 6.30 Å². The highest BCUT2D eigenvalue weighted by Crippen LogP contribution is 2.50. The number of halogens is 1. The number of aromatic hydroxyl groups is 1. The van der Waals surface area contributed by atoms with E-state index in [0.29, 0.717) is 18.4 Å². The molecule has 0 spiro atoms. The van der Waals surface area contributed by atoms with E-state index in [0.717, 1.165) is 4.57 Å². The Morgan fingerprint density at radius 2 is 1.93 bits per heavy atom. The quantitative estimate of drug-likeness (QED) is 0.607. The van der Waals surface area contributed by atoms with Gasteiger partial charge in [-0.3, -0.25) is 9.36 Å². The minimum Gasteiger partial charge on any atom is -0.508 e. The Balaban J connectivity index is 1.69. The summed E-state index contributed by atoms with van der Waals surface area (Å²) >= 11 is 0. The lowest BCUT2D eigenvalue weighted by Gasteiger charge is -2.21. The van der Waals surface area contributed by atoms with Gasteiger partial charge in [0.15, 0.2) is 5.82 Å². The van der Waals surface area contributed by atoms with Crippen LogP contribution in [-0.4, -0.2) is 27.7 Å². The zero-order valence-electron chi connectivity index (χ0n) is 16.2. The number of hydrogen-bond donors (Lipinski definition) is 2. The number of rotatable bonds is 6. The number of hydrogen-bond acceptors (Lipinski definition) is 6. The van der Waals surface area contributed by atoms with E-state index in [4.69, 9.17) is 4.74 Å². The minimum atomic E-state index is -1.91. The number of aromatic nitrogens is 2. The van der Waals surface area contributed by atoms with Gasteiger partial charge in [-0.2, -0.15) is 0 Å². The highest BCUT2D eigenvalue weighted by atomic mass is 19.1. The number of phenols is 1. The van der Waals surface area contributed by atoms with Crippen LogP contribution in [-0.2, 0) is 10.3 Å². The number of esters is 1. The fourth-order valence-electron chi connectivity index (χ4n) is 3.53. The van der Waals surface area contributed by atoms with Crippen molar-refractivity contribution >= 4 is 11.8 Å². The van der Waals surface area contributed by atoms with Gasteiger partial charge in [-0.05, 0) is 25.0 Å². The minimum absolute atomic E-state index is 0.0189. The highest BCUT2D eigenvalue weighted by Gasteiger charge is 2.47. The molecule has 1 aromatic heterocycles. The van der Waals surface area contributed by atoms with Crippen molar-refractivity contribution in [3.8, 4) is 5.75 Å². The molecule has 0 saturated heterocycles. The topological polar surface area (TPSA) is 93.5 Å². The van der Waals surface area contributed by atoms with E-state index >= 15 is 4.39 Å². The van der Waals surface area contributed by atoms with E-state index < -0.39 is 23.4 Å². The van der Waals surface area contributed by atoms with Crippen LogP contribution < -0.4 is 10.9 Å². The molecule has 7 nitrogen and oxygen atoms in total. The zero-order valence-corrected chi connectivity index (χ0v) is 16.2. The molecule has 1 atom stereocenters. The molecule has 4 rings (SSSR count). The lowest BCUT2D eigenvalue weighted by molar-refractivity contribution is 0.0596. The summed E-state index contributed by atoms with van der Waals surface area (Å²) in [6.45, 7) is 0. The van der Waals surface area contributed by atoms with Crippen molar-refractivity contribution < 1.29 is 19.0 Å². The number of benzene rings is 2. The Kier molecular flexibility index (Phi) is 4.99. The van der Waals surface area contributed by atoms with E-state index in [1.165, 1.54) is 31.6 Å². The molecular weight excluding hydrogens is 389 g/mol. The van der Waals surface area contributed by atoms with Gasteiger partial charge in [-0.15, -0.1) is 0 Å². The normalized spacial score (nSPS) is 15.3. The predicted octanol–water partition coefficient (Wildman–Crippen LogP) is 3.35. The third kappa shape index (κ3) is 3.41. The summed E-state index contributed by atoms with van der Waals surface area (Å²) in [6.07, 6.45) is 2.04. The average Bonchev–Trinajstić information content (AvgIpc) is 3.55. The van der Waals surface area contributed by atoms with Gasteiger partial charge in [-0.1, -0.05) is 36.4 Å². The van der Waals surface area contributed by atoms with Crippen molar-refractivity contribution in [2.75, 3.05) is 12.4 Å². The molecule has 0 bridgehead atoms. The van der Waals surface area contributed by atoms with Gasteiger partial charge < -0.3 is 15.2 Å². The third-order valence-corrected chi connectivity index (χ3v) is 5.26. The first kappa shape index (κ1) is 19.6. The van der Waals surface area contributed by atoms with Crippen LogP contribution in [0.5, 0.6) is 5.75 Å². The second kappa shape index (κ2) is 7.62. The number of anilines is 1. The van der Waals surface area contributed by atoms with Crippen LogP contribution in [0.25, 0.3) is 0 Å². The van der Waals surface area contributed by atoms with Crippen molar-refractivity contribution in [1.29, 1.82) is 0 Å². The molecule has 3 aromatic rings. The van der Waals surface area contributed by atoms with Crippen LogP contribution in [0.2, 0.25) is 0 Å². The number of methoxy groups -OCH3 is 1. The van der Waals surface area contributed by atoms with Crippen molar-refractivity contribution in [1.82, 2.24) is 9.55 Å². The average molecular weight is 409 g/mol. The van der Waals surface area contributed by atoms with E-state index in [9.17, 15) is 14.7 Å². The number of nitrogens with one attached hydrogen (secondary N) is 1. The number of nitrogens with zero attached hydrogens (tertiary/aromatic N) is 2. The smallest absolute Gasteiger partial charge is 0.338 e. The summed E-state index contributed by atoms with van der Waals surface area (Å²) in [4.78, 5) is 29.0. The SMILES string of the molecule is COC(=O)c1ccccc1C(F)n1ccnc(NC2(c3ccccc3O)CC2)c1=O. The van der Waals surface area contributed by atoms with Crippen LogP contribution in [0.1, 0.15) is 40.6 Å². The van der Waals surface area contributed by atoms with Crippen LogP contribution in [0, 0.1) is 0 Å². The second-order valence-corrected chi connectivity index (χ2v) is 7.13. The summed E-state index contributed by atoms with van der Waals surface area (Å²) < 4.78 is 20.9. The fraction of sp³-hybridized carbons (Fsp3) is 0.227. The Labute approximate surface area is 171 Å². The molecule has 2 aromatic carbocycles. The maximum atomic E-state index is 15.4. The Morgan fingerprint density at radius 3 is 2.63 bits per heavy atom. The van der Waals surface area contributed by atoms with Crippen LogP contribution in [0.4, 0.5) is 10.2 Å². The summed E-state index contributed by atoms with van der Waals surface area (Å²) in [5.41, 5.74) is -0.572. The Hall–Kier alpha value is -3.68. The fourth-order valence-corrected chi connectivity index (χ4v) is 3.53. The molecule has 30 heavy (non-hydrogen) atoms. The number of ether oxygens (including phenoxy) is 1. The number of alkyl halides is 1. The van der Waals surface area contributed by atoms with E-state index in [1.807, 2.05) is 0 Å². The molecule has 2 N–H and O–H groups in total. The first-order chi connectivity index (χ1) is 14.5. The van der Waals surface area contributed by atoms with Crippen LogP contribution in [0.15, 0.2) is 65.7 Å². The van der Waals surface area contributed by atoms with Gasteiger partial charge in [0.05, 0.1) is 18.2 Å².